The van der Waals surface area contributed by atoms with Gasteiger partial charge in [0.2, 0.25) is 0 Å². The van der Waals surface area contributed by atoms with E-state index < -0.39 is 6.10 Å². The fourth-order valence-corrected chi connectivity index (χ4v) is 2.26. The molecule has 0 aromatic heterocycles. The van der Waals surface area contributed by atoms with E-state index >= 15 is 0 Å². The molecular weight excluding hydrogens is 282 g/mol. The van der Waals surface area contributed by atoms with Gasteiger partial charge in [-0.2, -0.15) is 0 Å². The highest BCUT2D eigenvalue weighted by molar-refractivity contribution is 5.85. The van der Waals surface area contributed by atoms with Crippen LogP contribution in [0.5, 0.6) is 5.75 Å². The van der Waals surface area contributed by atoms with Crippen molar-refractivity contribution in [1.29, 1.82) is 0 Å². The number of hydrogen-bond donors (Lipinski definition) is 2. The Morgan fingerprint density at radius 2 is 2.20 bits per heavy atom. The number of carbonyl (C=O) groups excluding carboxylic acids is 1. The maximum absolute atomic E-state index is 11.3. The van der Waals surface area contributed by atoms with E-state index in [1.807, 2.05) is 18.2 Å². The molecule has 0 saturated carbocycles. The molecule has 1 aliphatic rings. The minimum Gasteiger partial charge on any atom is -0.482 e. The average Bonchev–Trinajstić information content (AvgIpc) is 2.38. The fraction of sp³-hybridized carbons (Fsp3) is 0.500. The van der Waals surface area contributed by atoms with E-state index in [9.17, 15) is 9.90 Å². The van der Waals surface area contributed by atoms with Crippen molar-refractivity contribution in [1.82, 2.24) is 0 Å². The first-order chi connectivity index (χ1) is 9.11. The van der Waals surface area contributed by atoms with Crippen molar-refractivity contribution in [2.24, 2.45) is 5.73 Å². The molecule has 0 spiro atoms. The number of aliphatic hydroxyl groups is 1. The fourth-order valence-electron chi connectivity index (χ4n) is 2.26. The number of fused-ring (bicyclic) bond motifs is 1. The smallest absolute Gasteiger partial charge is 0.344 e. The predicted octanol–water partition coefficient (Wildman–Crippen LogP) is 0.837. The Hall–Kier alpha value is -1.30. The van der Waals surface area contributed by atoms with Crippen LogP contribution < -0.4 is 10.5 Å². The first-order valence-corrected chi connectivity index (χ1v) is 6.44. The van der Waals surface area contributed by atoms with Gasteiger partial charge in [0.25, 0.3) is 0 Å². The van der Waals surface area contributed by atoms with Crippen LogP contribution in [0.25, 0.3) is 0 Å². The van der Waals surface area contributed by atoms with Crippen LogP contribution >= 0.6 is 12.4 Å². The second-order valence-corrected chi connectivity index (χ2v) is 4.63. The molecule has 1 aliphatic carbocycles. The van der Waals surface area contributed by atoms with Gasteiger partial charge in [-0.3, -0.25) is 0 Å². The van der Waals surface area contributed by atoms with Crippen LogP contribution in [0.4, 0.5) is 0 Å². The van der Waals surface area contributed by atoms with E-state index in [0.29, 0.717) is 25.2 Å². The number of nitrogens with two attached hydrogens (primary N) is 1. The molecule has 0 saturated heterocycles. The summed E-state index contributed by atoms with van der Waals surface area (Å²) < 4.78 is 10.3. The number of esters is 1. The summed E-state index contributed by atoms with van der Waals surface area (Å²) in [6.45, 7) is 1.98. The number of carbonyl (C=O) groups is 1. The largest absolute Gasteiger partial charge is 0.482 e. The predicted molar refractivity (Wildman–Crippen MR) is 77.2 cm³/mol. The molecule has 5 nitrogen and oxygen atoms in total. The zero-order chi connectivity index (χ0) is 13.8. The minimum absolute atomic E-state index is 0. The molecule has 2 unspecified atom stereocenters. The second-order valence-electron chi connectivity index (χ2n) is 4.63. The normalized spacial score (nSPS) is 20.6. The molecule has 0 aliphatic heterocycles. The Kier molecular flexibility index (Phi) is 6.26. The van der Waals surface area contributed by atoms with Crippen LogP contribution in [0.15, 0.2) is 18.2 Å². The van der Waals surface area contributed by atoms with Gasteiger partial charge in [-0.1, -0.05) is 12.1 Å². The van der Waals surface area contributed by atoms with Gasteiger partial charge >= 0.3 is 5.97 Å². The highest BCUT2D eigenvalue weighted by Gasteiger charge is 2.26. The van der Waals surface area contributed by atoms with Crippen LogP contribution in [0.1, 0.15) is 18.1 Å². The first kappa shape index (κ1) is 16.8. The summed E-state index contributed by atoms with van der Waals surface area (Å²) in [5, 5.41) is 9.76. The van der Waals surface area contributed by atoms with E-state index in [0.717, 1.165) is 11.1 Å². The standard InChI is InChI=1S/C14H19NO4.ClH/c1-2-18-14(17)8-19-13-5-3-4-9-6-12(16)11(15)7-10(9)13;/h3-5,11-12,16H,2,6-8,15H2,1H3;1H. The molecule has 6 heteroatoms. The van der Waals surface area contributed by atoms with Crippen LogP contribution in [0.3, 0.4) is 0 Å². The van der Waals surface area contributed by atoms with Gasteiger partial charge in [-0.25, -0.2) is 4.79 Å². The molecule has 0 fully saturated rings. The van der Waals surface area contributed by atoms with Crippen molar-refractivity contribution in [2.45, 2.75) is 31.9 Å². The zero-order valence-corrected chi connectivity index (χ0v) is 12.2. The molecule has 20 heavy (non-hydrogen) atoms. The van der Waals surface area contributed by atoms with E-state index in [4.69, 9.17) is 15.2 Å². The maximum atomic E-state index is 11.3. The van der Waals surface area contributed by atoms with Gasteiger partial charge in [0.15, 0.2) is 6.61 Å². The van der Waals surface area contributed by atoms with Gasteiger partial charge in [-0.15, -0.1) is 12.4 Å². The number of halogens is 1. The summed E-state index contributed by atoms with van der Waals surface area (Å²) in [4.78, 5) is 11.3. The second kappa shape index (κ2) is 7.47. The lowest BCUT2D eigenvalue weighted by atomic mass is 9.86. The van der Waals surface area contributed by atoms with Crippen molar-refractivity contribution >= 4 is 18.4 Å². The van der Waals surface area contributed by atoms with Gasteiger partial charge in [0.1, 0.15) is 5.75 Å². The summed E-state index contributed by atoms with van der Waals surface area (Å²) in [7, 11) is 0. The molecule has 0 heterocycles. The highest BCUT2D eigenvalue weighted by atomic mass is 35.5. The molecule has 1 aromatic rings. The Labute approximate surface area is 124 Å². The molecule has 2 atom stereocenters. The zero-order valence-electron chi connectivity index (χ0n) is 11.4. The Balaban J connectivity index is 0.00000200. The van der Waals surface area contributed by atoms with Crippen LogP contribution in [-0.2, 0) is 22.4 Å². The summed E-state index contributed by atoms with van der Waals surface area (Å²) in [6, 6.07) is 5.31. The van der Waals surface area contributed by atoms with E-state index in [1.165, 1.54) is 0 Å². The molecule has 0 bridgehead atoms. The van der Waals surface area contributed by atoms with Crippen molar-refractivity contribution in [3.63, 3.8) is 0 Å². The van der Waals surface area contributed by atoms with Gasteiger partial charge < -0.3 is 20.3 Å². The monoisotopic (exact) mass is 301 g/mol. The van der Waals surface area contributed by atoms with E-state index in [2.05, 4.69) is 0 Å². The van der Waals surface area contributed by atoms with Crippen LogP contribution in [0, 0.1) is 0 Å². The third-order valence-corrected chi connectivity index (χ3v) is 3.24. The lowest BCUT2D eigenvalue weighted by Crippen LogP contribution is -2.41. The molecule has 3 N–H and O–H groups in total. The van der Waals surface area contributed by atoms with Gasteiger partial charge in [0.05, 0.1) is 12.7 Å². The van der Waals surface area contributed by atoms with Crippen molar-refractivity contribution in [3.8, 4) is 5.75 Å². The topological polar surface area (TPSA) is 81.8 Å². The number of benzene rings is 1. The minimum atomic E-state index is -0.521. The Morgan fingerprint density at radius 1 is 1.45 bits per heavy atom. The maximum Gasteiger partial charge on any atom is 0.344 e. The number of rotatable bonds is 4. The summed E-state index contributed by atoms with van der Waals surface area (Å²) in [6.07, 6.45) is 0.551. The lowest BCUT2D eigenvalue weighted by Gasteiger charge is -2.28. The Bertz CT molecular complexity index is 466. The number of hydrogen-bond acceptors (Lipinski definition) is 5. The van der Waals surface area contributed by atoms with Crippen molar-refractivity contribution < 1.29 is 19.4 Å². The molecule has 112 valence electrons. The van der Waals surface area contributed by atoms with Crippen molar-refractivity contribution in [3.05, 3.63) is 29.3 Å². The summed E-state index contributed by atoms with van der Waals surface area (Å²) in [5.41, 5.74) is 7.87. The molecule has 1 aromatic carbocycles. The third kappa shape index (κ3) is 3.85. The molecule has 2 rings (SSSR count). The molecular formula is C14H20ClNO4. The number of ether oxygens (including phenoxy) is 2. The third-order valence-electron chi connectivity index (χ3n) is 3.24. The molecule has 0 radical (unpaired) electrons. The van der Waals surface area contributed by atoms with Crippen molar-refractivity contribution in [2.75, 3.05) is 13.2 Å². The Morgan fingerprint density at radius 3 is 2.90 bits per heavy atom. The lowest BCUT2D eigenvalue weighted by molar-refractivity contribution is -0.145. The summed E-state index contributed by atoms with van der Waals surface area (Å²) in [5.74, 6) is 0.258. The first-order valence-electron chi connectivity index (χ1n) is 6.44. The van der Waals surface area contributed by atoms with E-state index in [-0.39, 0.29) is 31.0 Å². The van der Waals surface area contributed by atoms with Gasteiger partial charge in [0, 0.05) is 12.5 Å². The van der Waals surface area contributed by atoms with E-state index in [1.54, 1.807) is 6.92 Å². The molecule has 0 amide bonds. The quantitative estimate of drug-likeness (QED) is 0.805. The summed E-state index contributed by atoms with van der Waals surface area (Å²) >= 11 is 0. The number of aliphatic hydroxyl groups excluding tert-OH is 1. The van der Waals surface area contributed by atoms with Crippen LogP contribution in [-0.4, -0.2) is 36.4 Å². The van der Waals surface area contributed by atoms with Gasteiger partial charge in [-0.05, 0) is 30.5 Å². The van der Waals surface area contributed by atoms with Crippen LogP contribution in [0.2, 0.25) is 0 Å². The highest BCUT2D eigenvalue weighted by Crippen LogP contribution is 2.29. The average molecular weight is 302 g/mol. The SMILES string of the molecule is CCOC(=O)COc1cccc2c1CC(N)C(O)C2.Cl.